The van der Waals surface area contributed by atoms with Gasteiger partial charge in [-0.1, -0.05) is 23.4 Å². The molecule has 0 radical (unpaired) electrons. The summed E-state index contributed by atoms with van der Waals surface area (Å²) in [5.74, 6) is 5.18. The number of hydrogen-bond acceptors (Lipinski definition) is 1. The zero-order chi connectivity index (χ0) is 12.2. The van der Waals surface area contributed by atoms with E-state index in [1.165, 1.54) is 0 Å². The summed E-state index contributed by atoms with van der Waals surface area (Å²) in [6, 6.07) is 1.09. The third-order valence-electron chi connectivity index (χ3n) is 1.62. The van der Waals surface area contributed by atoms with Crippen LogP contribution in [0.15, 0.2) is 12.3 Å². The van der Waals surface area contributed by atoms with Crippen LogP contribution in [0.2, 0.25) is 5.15 Å². The molecule has 1 nitrogen and oxygen atoms in total. The Bertz CT molecular complexity index is 432. The van der Waals surface area contributed by atoms with Gasteiger partial charge in [0.05, 0.1) is 5.56 Å². The van der Waals surface area contributed by atoms with Gasteiger partial charge in [-0.3, -0.25) is 0 Å². The van der Waals surface area contributed by atoms with Crippen molar-refractivity contribution in [2.75, 3.05) is 5.88 Å². The fraction of sp³-hybridized carbons (Fsp3) is 0.300. The molecule has 1 heterocycles. The summed E-state index contributed by atoms with van der Waals surface area (Å²) in [7, 11) is 0. The molecule has 0 saturated heterocycles. The fourth-order valence-corrected chi connectivity index (χ4v) is 1.22. The minimum Gasteiger partial charge on any atom is -0.244 e. The Labute approximate surface area is 101 Å². The van der Waals surface area contributed by atoms with Gasteiger partial charge in [-0.05, 0) is 6.07 Å². The van der Waals surface area contributed by atoms with Crippen molar-refractivity contribution in [2.45, 2.75) is 12.6 Å². The molecular weight excluding hydrogens is 262 g/mol. The van der Waals surface area contributed by atoms with Gasteiger partial charge < -0.3 is 0 Å². The lowest BCUT2D eigenvalue weighted by molar-refractivity contribution is -0.138. The lowest BCUT2D eigenvalue weighted by Gasteiger charge is -2.08. The first-order chi connectivity index (χ1) is 7.45. The molecule has 0 atom stereocenters. The van der Waals surface area contributed by atoms with E-state index in [-0.39, 0.29) is 16.6 Å². The number of aromatic nitrogens is 1. The van der Waals surface area contributed by atoms with E-state index in [0.717, 1.165) is 6.07 Å². The van der Waals surface area contributed by atoms with Crippen molar-refractivity contribution in [2.24, 2.45) is 0 Å². The van der Waals surface area contributed by atoms with E-state index in [4.69, 9.17) is 23.2 Å². The van der Waals surface area contributed by atoms with Gasteiger partial charge in [0.2, 0.25) is 0 Å². The van der Waals surface area contributed by atoms with Gasteiger partial charge in [0.15, 0.2) is 0 Å². The van der Waals surface area contributed by atoms with E-state index in [1.54, 1.807) is 0 Å². The van der Waals surface area contributed by atoms with Crippen molar-refractivity contribution in [3.05, 3.63) is 28.5 Å². The molecule has 0 aliphatic heterocycles. The van der Waals surface area contributed by atoms with Crippen molar-refractivity contribution in [1.82, 2.24) is 4.98 Å². The molecule has 0 amide bonds. The Morgan fingerprint density at radius 2 is 2.06 bits per heavy atom. The first-order valence-electron chi connectivity index (χ1n) is 4.22. The number of hydrogen-bond donors (Lipinski definition) is 0. The van der Waals surface area contributed by atoms with Gasteiger partial charge in [0.1, 0.15) is 5.15 Å². The quantitative estimate of drug-likeness (QED) is 0.429. The van der Waals surface area contributed by atoms with Gasteiger partial charge in [0, 0.05) is 24.1 Å². The minimum atomic E-state index is -4.48. The molecule has 0 aliphatic carbocycles. The second-order valence-electron chi connectivity index (χ2n) is 2.79. The van der Waals surface area contributed by atoms with Crippen LogP contribution in [0, 0.1) is 11.8 Å². The SMILES string of the molecule is FC(F)(F)c1cnc(Cl)cc1C#CCCCl. The number of nitrogens with zero attached hydrogens (tertiary/aromatic N) is 1. The molecule has 0 bridgehead atoms. The first kappa shape index (κ1) is 13.1. The maximum absolute atomic E-state index is 12.5. The first-order valence-corrected chi connectivity index (χ1v) is 5.14. The van der Waals surface area contributed by atoms with E-state index in [1.807, 2.05) is 0 Å². The molecule has 1 aromatic heterocycles. The van der Waals surface area contributed by atoms with Crippen LogP contribution < -0.4 is 0 Å². The van der Waals surface area contributed by atoms with Crippen molar-refractivity contribution < 1.29 is 13.2 Å². The lowest BCUT2D eigenvalue weighted by atomic mass is 10.1. The van der Waals surface area contributed by atoms with Gasteiger partial charge in [-0.15, -0.1) is 11.6 Å². The van der Waals surface area contributed by atoms with Crippen LogP contribution in [0.25, 0.3) is 0 Å². The van der Waals surface area contributed by atoms with E-state index in [2.05, 4.69) is 16.8 Å². The molecule has 0 aromatic carbocycles. The molecule has 0 spiro atoms. The Morgan fingerprint density at radius 3 is 2.62 bits per heavy atom. The normalized spacial score (nSPS) is 10.8. The summed E-state index contributed by atoms with van der Waals surface area (Å²) in [6.45, 7) is 0. The maximum atomic E-state index is 12.5. The Kier molecular flexibility index (Phi) is 4.45. The number of rotatable bonds is 1. The molecule has 0 N–H and O–H groups in total. The van der Waals surface area contributed by atoms with Crippen molar-refractivity contribution in [3.8, 4) is 11.8 Å². The molecule has 1 aromatic rings. The van der Waals surface area contributed by atoms with Crippen molar-refractivity contribution in [3.63, 3.8) is 0 Å². The largest absolute Gasteiger partial charge is 0.419 e. The van der Waals surface area contributed by atoms with E-state index in [9.17, 15) is 13.2 Å². The number of pyridine rings is 1. The standard InChI is InChI=1S/C10H6Cl2F3N/c11-4-2-1-3-7-5-9(12)16-6-8(7)10(13,14)15/h5-6H,2,4H2. The summed E-state index contributed by atoms with van der Waals surface area (Å²) >= 11 is 10.9. The third-order valence-corrected chi connectivity index (χ3v) is 2.01. The number of alkyl halides is 4. The third kappa shape index (κ3) is 3.58. The van der Waals surface area contributed by atoms with Crippen LogP contribution in [0.3, 0.4) is 0 Å². The predicted molar refractivity (Wildman–Crippen MR) is 56.5 cm³/mol. The van der Waals surface area contributed by atoms with Gasteiger partial charge in [0.25, 0.3) is 0 Å². The number of halogens is 5. The van der Waals surface area contributed by atoms with Crippen LogP contribution in [-0.2, 0) is 6.18 Å². The molecule has 0 saturated carbocycles. The summed E-state index contributed by atoms with van der Waals surface area (Å²) in [4.78, 5) is 3.39. The second-order valence-corrected chi connectivity index (χ2v) is 3.56. The highest BCUT2D eigenvalue weighted by molar-refractivity contribution is 6.29. The summed E-state index contributed by atoms with van der Waals surface area (Å²) in [6.07, 6.45) is -3.49. The zero-order valence-corrected chi connectivity index (χ0v) is 9.42. The molecule has 16 heavy (non-hydrogen) atoms. The summed E-state index contributed by atoms with van der Waals surface area (Å²) < 4.78 is 37.5. The molecule has 1 rings (SSSR count). The van der Waals surface area contributed by atoms with Crippen LogP contribution in [0.5, 0.6) is 0 Å². The molecule has 0 aliphatic rings. The van der Waals surface area contributed by atoms with Crippen molar-refractivity contribution in [1.29, 1.82) is 0 Å². The summed E-state index contributed by atoms with van der Waals surface area (Å²) in [5, 5.41) is -0.0248. The monoisotopic (exact) mass is 267 g/mol. The fourth-order valence-electron chi connectivity index (χ4n) is 0.964. The minimum absolute atomic E-state index is 0.0248. The molecule has 0 unspecified atom stereocenters. The summed E-state index contributed by atoms with van der Waals surface area (Å²) in [5.41, 5.74) is -1.07. The van der Waals surface area contributed by atoms with Crippen molar-refractivity contribution >= 4 is 23.2 Å². The Morgan fingerprint density at radius 1 is 1.38 bits per heavy atom. The molecule has 86 valence electrons. The highest BCUT2D eigenvalue weighted by atomic mass is 35.5. The van der Waals surface area contributed by atoms with Crippen LogP contribution in [0.4, 0.5) is 13.2 Å². The molecular formula is C10H6Cl2F3N. The molecule has 6 heteroatoms. The van der Waals surface area contributed by atoms with Crippen LogP contribution in [0.1, 0.15) is 17.5 Å². The Hall–Kier alpha value is -0.920. The van der Waals surface area contributed by atoms with Crippen LogP contribution in [-0.4, -0.2) is 10.9 Å². The highest BCUT2D eigenvalue weighted by Gasteiger charge is 2.33. The average Bonchev–Trinajstić information content (AvgIpc) is 2.16. The topological polar surface area (TPSA) is 12.9 Å². The second kappa shape index (κ2) is 5.42. The highest BCUT2D eigenvalue weighted by Crippen LogP contribution is 2.31. The zero-order valence-electron chi connectivity index (χ0n) is 7.91. The van der Waals surface area contributed by atoms with E-state index < -0.39 is 11.7 Å². The average molecular weight is 268 g/mol. The predicted octanol–water partition coefficient (Wildman–Crippen LogP) is 3.73. The van der Waals surface area contributed by atoms with Gasteiger partial charge in [-0.2, -0.15) is 13.2 Å². The smallest absolute Gasteiger partial charge is 0.244 e. The molecule has 0 fully saturated rings. The Balaban J connectivity index is 3.15. The lowest BCUT2D eigenvalue weighted by Crippen LogP contribution is -2.08. The maximum Gasteiger partial charge on any atom is 0.419 e. The van der Waals surface area contributed by atoms with Gasteiger partial charge in [-0.25, -0.2) is 4.98 Å². The van der Waals surface area contributed by atoms with E-state index in [0.29, 0.717) is 12.6 Å². The van der Waals surface area contributed by atoms with E-state index >= 15 is 0 Å². The van der Waals surface area contributed by atoms with Crippen LogP contribution >= 0.6 is 23.2 Å². The van der Waals surface area contributed by atoms with Gasteiger partial charge >= 0.3 is 6.18 Å².